The zero-order valence-corrected chi connectivity index (χ0v) is 62.6. The van der Waals surface area contributed by atoms with Crippen LogP contribution >= 0.6 is 68.8 Å². The number of nitrogen functional groups attached to an aromatic ring is 1. The van der Waals surface area contributed by atoms with E-state index in [4.69, 9.17) is 65.4 Å². The fourth-order valence-corrected chi connectivity index (χ4v) is 16.1. The van der Waals surface area contributed by atoms with Gasteiger partial charge in [-0.1, -0.05) is 90.2 Å². The van der Waals surface area contributed by atoms with Gasteiger partial charge in [-0.15, -0.1) is 34.0 Å². The highest BCUT2D eigenvalue weighted by molar-refractivity contribution is 7.84. The van der Waals surface area contributed by atoms with Crippen LogP contribution < -0.4 is 27.2 Å². The molecule has 0 spiro atoms. The molecule has 0 radical (unpaired) electrons. The normalized spacial score (nSPS) is 21.5. The highest BCUT2D eigenvalue weighted by Gasteiger charge is 2.40. The predicted molar refractivity (Wildman–Crippen MR) is 377 cm³/mol. The lowest BCUT2D eigenvalue weighted by Gasteiger charge is -2.36. The van der Waals surface area contributed by atoms with Crippen LogP contribution in [0.5, 0.6) is 0 Å². The molecule has 3 aliphatic carbocycles. The summed E-state index contributed by atoms with van der Waals surface area (Å²) < 4.78 is 40.4. The number of rotatable bonds is 22. The number of aromatic nitrogens is 6. The second-order valence-corrected chi connectivity index (χ2v) is 43.0. The van der Waals surface area contributed by atoms with Gasteiger partial charge in [0.15, 0.2) is 16.6 Å². The van der Waals surface area contributed by atoms with Crippen molar-refractivity contribution < 1.29 is 56.3 Å². The Kier molecular flexibility index (Phi) is 28.4. The Morgan fingerprint density at radius 3 is 1.39 bits per heavy atom. The molecule has 3 fully saturated rings. The summed E-state index contributed by atoms with van der Waals surface area (Å²) in [5.74, 6) is 1.62. The van der Waals surface area contributed by atoms with Crippen LogP contribution in [0.25, 0.3) is 0 Å². The summed E-state index contributed by atoms with van der Waals surface area (Å²) in [6.45, 7) is 27.0. The van der Waals surface area contributed by atoms with Gasteiger partial charge in [-0.2, -0.15) is 8.42 Å². The third-order valence-electron chi connectivity index (χ3n) is 18.2. The first-order valence-corrected chi connectivity index (χ1v) is 41.6. The molecule has 9 rings (SSSR count). The Labute approximate surface area is 580 Å². The first kappa shape index (κ1) is 78.6. The van der Waals surface area contributed by atoms with Crippen LogP contribution in [0.15, 0.2) is 55.8 Å². The molecule has 3 saturated carbocycles. The number of hydrogen-bond donors (Lipinski definition) is 9. The van der Waals surface area contributed by atoms with E-state index in [1.165, 1.54) is 60.1 Å². The molecule has 0 aromatic carbocycles. The number of nitrogens with one attached hydrogen (secondary N) is 2. The molecule has 518 valence electrons. The number of thiophene rings is 3. The highest BCUT2D eigenvalue weighted by Crippen LogP contribution is 2.42. The number of aliphatic hydroxyl groups excluding tert-OH is 4. The van der Waals surface area contributed by atoms with Gasteiger partial charge in [0.25, 0.3) is 0 Å². The average molecular weight is 1470 g/mol. The second-order valence-electron chi connectivity index (χ2n) is 27.2. The maximum Gasteiger partial charge on any atom is 0.333 e. The maximum atomic E-state index is 13.3. The molecule has 0 amide bonds. The minimum atomic E-state index is -4.09. The van der Waals surface area contributed by atoms with Gasteiger partial charge in [-0.05, 0) is 117 Å². The average Bonchev–Trinajstić information content (AvgIpc) is 1.61. The molecule has 0 saturated heterocycles. The number of nitrogens with zero attached hydrogens (tertiary/aromatic N) is 6. The van der Waals surface area contributed by atoms with Crippen molar-refractivity contribution in [2.24, 2.45) is 40.5 Å². The molecule has 23 nitrogen and oxygen atoms in total. The predicted octanol–water partition coefficient (Wildman–Crippen LogP) is 11.3. The van der Waals surface area contributed by atoms with E-state index >= 15 is 0 Å². The van der Waals surface area contributed by atoms with Crippen LogP contribution in [0.2, 0.25) is 49.3 Å². The minimum absolute atomic E-state index is 0.100. The SMILES string of the molecule is CC(C)(C)[Si](C)(C)OCc1cc(C(=O)c2cncnc2N)sc1Cl.C[C@H]1C[C@H](N)C[C@@H]1CO.C[C@H]1C[C@H](Nc2ncncc2C(=O)c2cc(CO[Si](C)(C)C(C)(C)C)c(Cl)s2)C[C@@H]1CO.NS(=O)(=O)OC[C@H]1C[C@@H](Nc2ncncc2C(=O)c2cc(CO)c(Cl)s2)C[C@@H]1O. The van der Waals surface area contributed by atoms with Crippen molar-refractivity contribution in [2.75, 3.05) is 36.2 Å². The Hall–Kier alpha value is -4.36. The monoisotopic (exact) mass is 1470 g/mol. The van der Waals surface area contributed by atoms with Gasteiger partial charge in [0.05, 0.1) is 76.9 Å². The molecule has 6 aromatic heterocycles. The standard InChI is InChI=1S/C23H34ClN3O3SSi.C16H19ClN4O6S2.C16H22ClN3O2SSi.C7H15NO/c1-14-7-17(8-15(14)11-28)27-22-18(10-25-13-26-22)20(29)19-9-16(21(24)31-19)12-30-32(5,6)23(2,3)4;17-15-8(5-22)2-13(28-15)14(24)11-4-19-7-20-16(11)21-10-1-9(12(23)3-10)6-27-29(18,25)26;1-16(2,3)24(4,5)22-8-10-6-12(23-14(10)17)13(21)11-7-19-9-20-15(11)18;1-5-2-7(8)3-6(5)4-9/h9-10,13-15,17,28H,7-8,11-12H2,1-6H3,(H,25,26,27);2,4,7,9-10,12,22-23H,1,3,5-6H2,(H2,18,25,26)(H,19,20,21);6-7,9H,8H2,1-5H3,(H2,18,19,20);5-7,9H,2-4,8H2,1H3/t14-,15+,17-;9-,10-,12+;;5-,6+,7-/m01.0/s1. The summed E-state index contributed by atoms with van der Waals surface area (Å²) in [5.41, 5.74) is 14.5. The maximum absolute atomic E-state index is 13.3. The van der Waals surface area contributed by atoms with Gasteiger partial charge >= 0.3 is 10.3 Å². The Balaban J connectivity index is 0.000000210. The minimum Gasteiger partial charge on any atom is -0.412 e. The number of halogens is 3. The topological polar surface area (TPSA) is 373 Å². The van der Waals surface area contributed by atoms with E-state index in [1.54, 1.807) is 12.3 Å². The molecule has 3 aliphatic rings. The number of carbonyl (C=O) groups excluding carboxylic acids is 3. The van der Waals surface area contributed by atoms with E-state index in [0.29, 0.717) is 101 Å². The van der Waals surface area contributed by atoms with Crippen molar-refractivity contribution in [3.63, 3.8) is 0 Å². The summed E-state index contributed by atoms with van der Waals surface area (Å²) in [7, 11) is -7.89. The van der Waals surface area contributed by atoms with Crippen molar-refractivity contribution in [2.45, 2.75) is 174 Å². The van der Waals surface area contributed by atoms with Crippen molar-refractivity contribution in [1.82, 2.24) is 29.9 Å². The van der Waals surface area contributed by atoms with E-state index in [2.05, 4.69) is 126 Å². The number of ketones is 3. The first-order valence-electron chi connectivity index (χ1n) is 30.8. The third-order valence-corrected chi connectivity index (χ3v) is 31.9. The van der Waals surface area contributed by atoms with Crippen molar-refractivity contribution in [3.05, 3.63) is 117 Å². The van der Waals surface area contributed by atoms with E-state index in [1.807, 2.05) is 6.07 Å². The quantitative estimate of drug-likeness (QED) is 0.0225. The van der Waals surface area contributed by atoms with Gasteiger partial charge in [0, 0.05) is 72.5 Å². The largest absolute Gasteiger partial charge is 0.412 e. The van der Waals surface area contributed by atoms with Crippen molar-refractivity contribution in [3.8, 4) is 0 Å². The van der Waals surface area contributed by atoms with Gasteiger partial charge in [-0.25, -0.2) is 35.0 Å². The summed E-state index contributed by atoms with van der Waals surface area (Å²) in [4.78, 5) is 64.3. The van der Waals surface area contributed by atoms with E-state index in [9.17, 15) is 38.1 Å². The molecule has 94 heavy (non-hydrogen) atoms. The molecule has 0 aliphatic heterocycles. The number of aliphatic hydroxyl groups is 4. The number of anilines is 3. The first-order chi connectivity index (χ1) is 43.9. The third kappa shape index (κ3) is 21.6. The van der Waals surface area contributed by atoms with Crippen LogP contribution in [0.4, 0.5) is 17.5 Å². The zero-order valence-electron chi connectivity index (χ0n) is 55.1. The smallest absolute Gasteiger partial charge is 0.333 e. The zero-order chi connectivity index (χ0) is 69.8. The Morgan fingerprint density at radius 2 is 1.01 bits per heavy atom. The Bertz CT molecular complexity index is 3650. The summed E-state index contributed by atoms with van der Waals surface area (Å²) in [5, 5.41) is 49.3. The fraction of sp³-hybridized carbons (Fsp3) is 0.565. The molecular formula is C62H90Cl3N11O12S4Si2. The molecule has 9 atom stereocenters. The van der Waals surface area contributed by atoms with Gasteiger partial charge in [-0.3, -0.25) is 18.6 Å². The molecule has 6 heterocycles. The molecular weight excluding hydrogens is 1380 g/mol. The number of carbonyl (C=O) groups is 3. The lowest BCUT2D eigenvalue weighted by molar-refractivity contribution is 0.100. The fourth-order valence-electron chi connectivity index (χ4n) is 10.3. The summed E-state index contributed by atoms with van der Waals surface area (Å²) >= 11 is 22.3. The van der Waals surface area contributed by atoms with Gasteiger partial charge < -0.3 is 51.4 Å². The molecule has 6 aromatic rings. The number of hydrogen-bond acceptors (Lipinski definition) is 25. The van der Waals surface area contributed by atoms with Gasteiger partial charge in [0.1, 0.15) is 36.4 Å². The van der Waals surface area contributed by atoms with E-state index < -0.39 is 39.0 Å². The van der Waals surface area contributed by atoms with Gasteiger partial charge in [0.2, 0.25) is 17.3 Å². The van der Waals surface area contributed by atoms with E-state index in [-0.39, 0.29) is 88.0 Å². The van der Waals surface area contributed by atoms with Crippen LogP contribution in [0, 0.1) is 29.6 Å². The second kappa shape index (κ2) is 33.9. The lowest BCUT2D eigenvalue weighted by Crippen LogP contribution is -2.40. The number of nitrogens with two attached hydrogens (primary N) is 3. The Morgan fingerprint density at radius 1 is 0.617 bits per heavy atom. The van der Waals surface area contributed by atoms with Crippen LogP contribution in [-0.4, -0.2) is 137 Å². The molecule has 32 heteroatoms. The van der Waals surface area contributed by atoms with Crippen LogP contribution in [0.1, 0.15) is 156 Å². The highest BCUT2D eigenvalue weighted by atomic mass is 35.5. The van der Waals surface area contributed by atoms with Crippen LogP contribution in [-0.2, 0) is 43.2 Å². The molecule has 12 N–H and O–H groups in total. The molecule has 0 bridgehead atoms. The van der Waals surface area contributed by atoms with E-state index in [0.717, 1.165) is 48.1 Å². The van der Waals surface area contributed by atoms with Crippen molar-refractivity contribution >= 4 is 131 Å². The lowest BCUT2D eigenvalue weighted by atomic mass is 10.00. The van der Waals surface area contributed by atoms with Crippen molar-refractivity contribution in [1.29, 1.82) is 0 Å². The summed E-state index contributed by atoms with van der Waals surface area (Å²) in [6.07, 6.45) is 12.2. The molecule has 0 unspecified atom stereocenters. The summed E-state index contributed by atoms with van der Waals surface area (Å²) in [6, 6.07) is 5.38. The van der Waals surface area contributed by atoms with Crippen LogP contribution in [0.3, 0.4) is 0 Å².